The van der Waals surface area contributed by atoms with Gasteiger partial charge in [-0.3, -0.25) is 4.79 Å². The van der Waals surface area contributed by atoms with Gasteiger partial charge in [0.1, 0.15) is 5.82 Å². The van der Waals surface area contributed by atoms with Crippen molar-refractivity contribution in [2.45, 2.75) is 51.4 Å². The van der Waals surface area contributed by atoms with Crippen molar-refractivity contribution >= 4 is 21.9 Å². The Hall–Kier alpha value is -2.70. The Morgan fingerprint density at radius 1 is 1.17 bits per heavy atom. The molecule has 3 heterocycles. The van der Waals surface area contributed by atoms with Crippen molar-refractivity contribution < 1.29 is 27.8 Å². The van der Waals surface area contributed by atoms with Crippen LogP contribution < -0.4 is 15.4 Å². The number of carbonyl (C=O) groups is 1. The molecule has 8 nitrogen and oxygen atoms in total. The predicted octanol–water partition coefficient (Wildman–Crippen LogP) is 3.65. The first-order chi connectivity index (χ1) is 16.7. The summed E-state index contributed by atoms with van der Waals surface area (Å²) in [5, 5.41) is 0. The molecule has 1 aromatic carbocycles. The quantitative estimate of drug-likeness (QED) is 0.615. The number of pyridine rings is 1. The molecule has 0 saturated carbocycles. The van der Waals surface area contributed by atoms with Gasteiger partial charge in [0.05, 0.1) is 16.8 Å². The number of rotatable bonds is 5. The zero-order chi connectivity index (χ0) is 26.5. The Labute approximate surface area is 210 Å². The largest absolute Gasteiger partial charge is 0.416 e. The standard InChI is InChI=1S/C24H30F3N5O3S.H2/c1-15-12-23(2,3)32(13-15)21-19(22(33)30-36(34,35)31-11-10-18(28)14-31)8-9-20(29-21)16-4-6-17(7-5-16)24(25,26)27;/h4-9,15,18H,10-14,28H2,1-3H3,(H,30,33);1H/t15-,18+;/m0./s1. The van der Waals surface area contributed by atoms with E-state index in [-0.39, 0.29) is 37.5 Å². The van der Waals surface area contributed by atoms with Crippen molar-refractivity contribution in [1.82, 2.24) is 14.0 Å². The molecule has 0 spiro atoms. The number of hydrogen-bond acceptors (Lipinski definition) is 6. The second kappa shape index (κ2) is 9.31. The van der Waals surface area contributed by atoms with Gasteiger partial charge < -0.3 is 10.6 Å². The molecule has 4 rings (SSSR count). The van der Waals surface area contributed by atoms with E-state index in [1.54, 1.807) is 0 Å². The van der Waals surface area contributed by atoms with Gasteiger partial charge in [-0.2, -0.15) is 25.9 Å². The third-order valence-electron chi connectivity index (χ3n) is 6.71. The highest BCUT2D eigenvalue weighted by Crippen LogP contribution is 2.38. The summed E-state index contributed by atoms with van der Waals surface area (Å²) in [6.07, 6.45) is -3.13. The van der Waals surface area contributed by atoms with Crippen LogP contribution in [-0.2, 0) is 16.4 Å². The molecular weight excluding hydrogens is 495 g/mol. The molecule has 2 aromatic rings. The van der Waals surface area contributed by atoms with Crippen LogP contribution in [0.1, 0.15) is 51.0 Å². The van der Waals surface area contributed by atoms with E-state index in [1.807, 2.05) is 18.7 Å². The number of anilines is 1. The molecule has 2 fully saturated rings. The summed E-state index contributed by atoms with van der Waals surface area (Å²) in [6.45, 7) is 7.02. The monoisotopic (exact) mass is 527 g/mol. The minimum Gasteiger partial charge on any atom is -0.351 e. The molecular formula is C24H32F3N5O3S. The fraction of sp³-hybridized carbons (Fsp3) is 0.500. The number of nitrogens with two attached hydrogens (primary N) is 1. The van der Waals surface area contributed by atoms with Crippen LogP contribution in [0.3, 0.4) is 0 Å². The number of aromatic nitrogens is 1. The fourth-order valence-corrected chi connectivity index (χ4v) is 6.20. The maximum atomic E-state index is 13.2. The average molecular weight is 528 g/mol. The van der Waals surface area contributed by atoms with Gasteiger partial charge in [0.2, 0.25) is 0 Å². The zero-order valence-electron chi connectivity index (χ0n) is 20.3. The van der Waals surface area contributed by atoms with E-state index in [0.29, 0.717) is 30.1 Å². The topological polar surface area (TPSA) is 109 Å². The number of carbonyl (C=O) groups excluding carboxylic acids is 1. The minimum absolute atomic E-state index is 0. The highest BCUT2D eigenvalue weighted by molar-refractivity contribution is 7.87. The Balaban J connectivity index is 0.00000380. The smallest absolute Gasteiger partial charge is 0.351 e. The Morgan fingerprint density at radius 3 is 2.36 bits per heavy atom. The molecule has 2 aliphatic heterocycles. The Kier molecular flexibility index (Phi) is 6.82. The van der Waals surface area contributed by atoms with Crippen LogP contribution in [0.25, 0.3) is 11.3 Å². The number of benzene rings is 1. The van der Waals surface area contributed by atoms with Gasteiger partial charge in [-0.05, 0) is 56.9 Å². The Morgan fingerprint density at radius 2 is 1.83 bits per heavy atom. The third-order valence-corrected chi connectivity index (χ3v) is 8.16. The molecule has 2 aliphatic rings. The molecule has 1 amide bonds. The maximum Gasteiger partial charge on any atom is 0.416 e. The van der Waals surface area contributed by atoms with Crippen LogP contribution in [0, 0.1) is 5.92 Å². The molecule has 0 bridgehead atoms. The molecule has 0 radical (unpaired) electrons. The van der Waals surface area contributed by atoms with Gasteiger partial charge in [-0.15, -0.1) is 0 Å². The highest BCUT2D eigenvalue weighted by Gasteiger charge is 2.40. The summed E-state index contributed by atoms with van der Waals surface area (Å²) < 4.78 is 67.8. The highest BCUT2D eigenvalue weighted by atomic mass is 32.2. The molecule has 12 heteroatoms. The molecule has 1 aromatic heterocycles. The van der Waals surface area contributed by atoms with Crippen molar-refractivity contribution in [3.8, 4) is 11.3 Å². The van der Waals surface area contributed by atoms with Gasteiger partial charge in [-0.25, -0.2) is 9.71 Å². The van der Waals surface area contributed by atoms with Gasteiger partial charge in [0.25, 0.3) is 5.91 Å². The molecule has 0 aliphatic carbocycles. The van der Waals surface area contributed by atoms with Crippen molar-refractivity contribution in [2.24, 2.45) is 11.7 Å². The first kappa shape index (κ1) is 26.4. The van der Waals surface area contributed by atoms with Gasteiger partial charge >= 0.3 is 16.4 Å². The van der Waals surface area contributed by atoms with Crippen LogP contribution in [0.15, 0.2) is 36.4 Å². The number of hydrogen-bond donors (Lipinski definition) is 2. The maximum absolute atomic E-state index is 13.2. The second-order valence-electron chi connectivity index (χ2n) is 10.2. The first-order valence-electron chi connectivity index (χ1n) is 11.7. The van der Waals surface area contributed by atoms with Gasteiger partial charge in [-0.1, -0.05) is 19.1 Å². The number of nitrogens with one attached hydrogen (secondary N) is 1. The number of amides is 1. The van der Waals surface area contributed by atoms with Gasteiger partial charge in [0, 0.05) is 38.2 Å². The predicted molar refractivity (Wildman–Crippen MR) is 133 cm³/mol. The second-order valence-corrected chi connectivity index (χ2v) is 11.9. The lowest BCUT2D eigenvalue weighted by Gasteiger charge is -2.34. The molecule has 36 heavy (non-hydrogen) atoms. The SMILES string of the molecule is C[C@@H]1CN(c2nc(-c3ccc(C(F)(F)F)cc3)ccc2C(=O)NS(=O)(=O)N2CC[C@@H](N)C2)C(C)(C)C1.[HH]. The summed E-state index contributed by atoms with van der Waals surface area (Å²) >= 11 is 0. The summed E-state index contributed by atoms with van der Waals surface area (Å²) in [4.78, 5) is 19.9. The van der Waals surface area contributed by atoms with E-state index >= 15 is 0 Å². The average Bonchev–Trinajstić information content (AvgIpc) is 3.34. The van der Waals surface area contributed by atoms with E-state index in [2.05, 4.69) is 16.6 Å². The van der Waals surface area contributed by atoms with Crippen LogP contribution in [0.4, 0.5) is 19.0 Å². The van der Waals surface area contributed by atoms with E-state index in [0.717, 1.165) is 22.9 Å². The molecule has 2 saturated heterocycles. The van der Waals surface area contributed by atoms with E-state index in [9.17, 15) is 26.4 Å². The van der Waals surface area contributed by atoms with Crippen molar-refractivity contribution in [2.75, 3.05) is 24.5 Å². The van der Waals surface area contributed by atoms with Crippen molar-refractivity contribution in [3.63, 3.8) is 0 Å². The first-order valence-corrected chi connectivity index (χ1v) is 13.2. The van der Waals surface area contributed by atoms with Gasteiger partial charge in [0.15, 0.2) is 0 Å². The van der Waals surface area contributed by atoms with Crippen LogP contribution in [-0.4, -0.2) is 54.8 Å². The number of alkyl halides is 3. The lowest BCUT2D eigenvalue weighted by atomic mass is 9.97. The minimum atomic E-state index is -4.46. The number of nitrogens with zero attached hydrogens (tertiary/aromatic N) is 3. The summed E-state index contributed by atoms with van der Waals surface area (Å²) in [5.41, 5.74) is 5.56. The van der Waals surface area contributed by atoms with E-state index < -0.39 is 27.9 Å². The third kappa shape index (κ3) is 5.35. The van der Waals surface area contributed by atoms with Crippen LogP contribution in [0.5, 0.6) is 0 Å². The molecule has 3 N–H and O–H groups in total. The lowest BCUT2D eigenvalue weighted by molar-refractivity contribution is -0.137. The van der Waals surface area contributed by atoms with E-state index in [1.165, 1.54) is 24.3 Å². The Bertz CT molecular complexity index is 1260. The van der Waals surface area contributed by atoms with Crippen LogP contribution >= 0.6 is 0 Å². The van der Waals surface area contributed by atoms with Crippen molar-refractivity contribution in [1.29, 1.82) is 0 Å². The molecule has 2 atom stereocenters. The van der Waals surface area contributed by atoms with Crippen molar-refractivity contribution in [3.05, 3.63) is 47.5 Å². The summed E-state index contributed by atoms with van der Waals surface area (Å²) in [5.74, 6) is -0.248. The molecule has 198 valence electrons. The number of halogens is 3. The summed E-state index contributed by atoms with van der Waals surface area (Å²) in [7, 11) is -4.10. The molecule has 0 unspecified atom stereocenters. The zero-order valence-corrected chi connectivity index (χ0v) is 21.2. The van der Waals surface area contributed by atoms with Crippen LogP contribution in [0.2, 0.25) is 0 Å². The lowest BCUT2D eigenvalue weighted by Crippen LogP contribution is -2.44. The summed E-state index contributed by atoms with van der Waals surface area (Å²) in [6, 6.07) is 7.30. The van der Waals surface area contributed by atoms with E-state index in [4.69, 9.17) is 5.73 Å². The fourth-order valence-electron chi connectivity index (χ4n) is 4.99. The normalized spacial score (nSPS) is 22.7.